The van der Waals surface area contributed by atoms with Gasteiger partial charge in [-0.15, -0.1) is 58.2 Å². The molecule has 4 aromatic carbocycles. The van der Waals surface area contributed by atoms with Gasteiger partial charge in [0, 0.05) is 50.8 Å². The summed E-state index contributed by atoms with van der Waals surface area (Å²) in [5.74, 6) is 49.3. The van der Waals surface area contributed by atoms with E-state index in [4.69, 9.17) is 12.8 Å². The highest BCUT2D eigenvalue weighted by Crippen LogP contribution is 2.57. The van der Waals surface area contributed by atoms with Crippen LogP contribution in [-0.2, 0) is 5.41 Å². The molecule has 256 valence electrons. The lowest BCUT2D eigenvalue weighted by atomic mass is 9.80. The fraction of sp³-hybridized carbons (Fsp3) is 0.0566. The summed E-state index contributed by atoms with van der Waals surface area (Å²) >= 11 is 7.18. The summed E-state index contributed by atoms with van der Waals surface area (Å²) in [5, 5.41) is 10.2. The first-order valence-corrected chi connectivity index (χ1v) is 20.7. The van der Waals surface area contributed by atoms with Crippen LogP contribution in [-0.4, -0.2) is 0 Å². The summed E-state index contributed by atoms with van der Waals surface area (Å²) in [6.07, 6.45) is 10.4. The first kappa shape index (κ1) is 35.3. The predicted molar refractivity (Wildman–Crippen MR) is 246 cm³/mol. The molecule has 0 nitrogen and oxygen atoms in total. The van der Waals surface area contributed by atoms with E-state index in [0.717, 1.165) is 25.8 Å². The van der Waals surface area contributed by atoms with Gasteiger partial charge in [-0.05, 0) is 177 Å². The van der Waals surface area contributed by atoms with Gasteiger partial charge in [0.05, 0.1) is 9.75 Å². The smallest absolute Gasteiger partial charge is 0.141 e. The number of benzene rings is 4. The molecule has 0 unspecified atom stereocenters. The van der Waals surface area contributed by atoms with Crippen molar-refractivity contribution < 1.29 is 0 Å². The van der Waals surface area contributed by atoms with Crippen LogP contribution < -0.4 is 0 Å². The van der Waals surface area contributed by atoms with Crippen molar-refractivity contribution in [3.8, 4) is 139 Å². The van der Waals surface area contributed by atoms with E-state index in [2.05, 4.69) is 193 Å². The lowest BCUT2D eigenvalue weighted by molar-refractivity contribution is 0.923. The van der Waals surface area contributed by atoms with Crippen molar-refractivity contribution in [1.82, 2.24) is 0 Å². The highest BCUT2D eigenvalue weighted by molar-refractivity contribution is 7.29. The lowest BCUT2D eigenvalue weighted by Crippen LogP contribution is -2.20. The van der Waals surface area contributed by atoms with Gasteiger partial charge in [-0.3, -0.25) is 0 Å². The number of terminal acetylenes is 2. The van der Waals surface area contributed by atoms with Gasteiger partial charge >= 0.3 is 0 Å². The number of thiophene rings is 4. The molecule has 0 fully saturated rings. The molecule has 1 aliphatic carbocycles. The van der Waals surface area contributed by atoms with Gasteiger partial charge < -0.3 is 0 Å². The Morgan fingerprint density at radius 2 is 0.789 bits per heavy atom. The van der Waals surface area contributed by atoms with Crippen LogP contribution in [0.4, 0.5) is 0 Å². The predicted octanol–water partition coefficient (Wildman–Crippen LogP) is 11.5. The monoisotopic (exact) mass is 784 g/mol. The Bertz CT molecular complexity index is 3650. The van der Waals surface area contributed by atoms with E-state index in [1.165, 1.54) is 67.1 Å². The van der Waals surface area contributed by atoms with E-state index < -0.39 is 5.41 Å². The number of fused-ring (bicyclic) bond motifs is 12. The van der Waals surface area contributed by atoms with Gasteiger partial charge in [0.2, 0.25) is 0 Å². The van der Waals surface area contributed by atoms with E-state index in [0.29, 0.717) is 0 Å². The molecule has 0 atom stereocenters. The second-order valence-electron chi connectivity index (χ2n) is 12.8. The summed E-state index contributed by atoms with van der Waals surface area (Å²) in [7, 11) is 0. The average molecular weight is 785 g/mol. The zero-order valence-electron chi connectivity index (χ0n) is 30.2. The molecule has 57 heavy (non-hydrogen) atoms. The molecule has 1 aliphatic rings. The number of hydrogen-bond acceptors (Lipinski definition) is 4. The Balaban J connectivity index is 1.17. The summed E-state index contributed by atoms with van der Waals surface area (Å²) in [6, 6.07) is 27.4. The maximum absolute atomic E-state index is 5.18. The maximum Gasteiger partial charge on any atom is 0.146 e. The third kappa shape index (κ3) is 6.18. The summed E-state index contributed by atoms with van der Waals surface area (Å²) in [5.41, 5.74) is 1.11. The van der Waals surface area contributed by atoms with Gasteiger partial charge in [0.15, 0.2) is 0 Å². The Morgan fingerprint density at radius 1 is 0.386 bits per heavy atom. The van der Waals surface area contributed by atoms with E-state index >= 15 is 0 Å². The fourth-order valence-corrected chi connectivity index (χ4v) is 11.9. The Hall–Kier alpha value is -7.42. The molecular weight excluding hydrogens is 765 g/mol. The quantitative estimate of drug-likeness (QED) is 0.115. The number of aryl methyl sites for hydroxylation is 2. The van der Waals surface area contributed by atoms with Crippen molar-refractivity contribution in [2.75, 3.05) is 0 Å². The van der Waals surface area contributed by atoms with Gasteiger partial charge in [-0.2, -0.15) is 0 Å². The molecular formula is C53H20S4. The lowest BCUT2D eigenvalue weighted by Gasteiger charge is -2.17. The summed E-state index contributed by atoms with van der Waals surface area (Å²) in [4.78, 5) is 7.18. The summed E-state index contributed by atoms with van der Waals surface area (Å²) in [6.45, 7) is 4.29. The molecule has 0 radical (unpaired) electrons. The van der Waals surface area contributed by atoms with Crippen LogP contribution in [0.2, 0.25) is 0 Å². The standard InChI is InChI=1S/C53H20S4/c1-5-7-9-11-13-15-17-19-29-53(30-20-18-16-14-12-10-8-6-2)45-32-36(4)55-51(45)52-46(53)34-50(57-52)49-33-44-42-24-22-37-38(40(42)26-28-48(44)56-49)21-23-41-39(37)25-27-47-43(41)31-35(3)54-47/h1-2,21-28,31-34H,3-4H3. The first-order chi connectivity index (χ1) is 28.0. The molecule has 8 aromatic rings. The van der Waals surface area contributed by atoms with E-state index in [1.807, 2.05) is 11.3 Å². The molecule has 4 heterocycles. The summed E-state index contributed by atoms with van der Waals surface area (Å²) < 4.78 is 2.57. The van der Waals surface area contributed by atoms with Crippen molar-refractivity contribution in [3.05, 3.63) is 93.7 Å². The molecule has 9 rings (SSSR count). The Kier molecular flexibility index (Phi) is 9.08. The van der Waals surface area contributed by atoms with Crippen molar-refractivity contribution >= 4 is 97.8 Å². The molecule has 0 saturated carbocycles. The Morgan fingerprint density at radius 3 is 1.35 bits per heavy atom. The van der Waals surface area contributed by atoms with Crippen molar-refractivity contribution in [1.29, 1.82) is 0 Å². The first-order valence-electron chi connectivity index (χ1n) is 17.4. The number of hydrogen-bond donors (Lipinski definition) is 0. The van der Waals surface area contributed by atoms with E-state index in [1.54, 1.807) is 34.0 Å². The van der Waals surface area contributed by atoms with Crippen LogP contribution in [0.15, 0.2) is 72.8 Å². The minimum atomic E-state index is -0.959. The minimum Gasteiger partial charge on any atom is -0.141 e. The normalized spacial score (nSPS) is 11.0. The molecule has 0 saturated heterocycles. The minimum absolute atomic E-state index is 0.959. The zero-order chi connectivity index (χ0) is 38.9. The molecule has 0 aliphatic heterocycles. The van der Waals surface area contributed by atoms with Gasteiger partial charge in [-0.1, -0.05) is 48.2 Å². The van der Waals surface area contributed by atoms with Crippen LogP contribution in [0.3, 0.4) is 0 Å². The van der Waals surface area contributed by atoms with Crippen molar-refractivity contribution in [3.63, 3.8) is 0 Å². The van der Waals surface area contributed by atoms with Crippen molar-refractivity contribution in [2.24, 2.45) is 0 Å². The molecule has 0 N–H and O–H groups in total. The third-order valence-electron chi connectivity index (χ3n) is 9.55. The van der Waals surface area contributed by atoms with Crippen LogP contribution in [0.1, 0.15) is 20.9 Å². The van der Waals surface area contributed by atoms with Gasteiger partial charge in [0.25, 0.3) is 0 Å². The second-order valence-corrected chi connectivity index (χ2v) is 17.5. The van der Waals surface area contributed by atoms with E-state index in [9.17, 15) is 0 Å². The highest BCUT2D eigenvalue weighted by Gasteiger charge is 2.44. The second kappa shape index (κ2) is 14.7. The van der Waals surface area contributed by atoms with Crippen LogP contribution in [0.25, 0.3) is 72.0 Å². The Labute approximate surface area is 347 Å². The molecule has 0 bridgehead atoms. The molecule has 0 amide bonds. The topological polar surface area (TPSA) is 0 Å². The molecule has 0 spiro atoms. The van der Waals surface area contributed by atoms with Crippen LogP contribution >= 0.6 is 45.3 Å². The van der Waals surface area contributed by atoms with Crippen LogP contribution in [0.5, 0.6) is 0 Å². The molecule has 4 aromatic heterocycles. The van der Waals surface area contributed by atoms with Gasteiger partial charge in [0.1, 0.15) is 5.41 Å². The largest absolute Gasteiger partial charge is 0.146 e. The fourth-order valence-electron chi connectivity index (χ4n) is 7.33. The SMILES string of the molecule is C#CC#CC#CC#CC#CC1(C#CC#CC#CC#CC#C)c2cc(C)sc2-c2sc(-c3cc4c(ccc5c4ccc4c6ccc7sc(C)cc7c6ccc54)s3)cc21. The van der Waals surface area contributed by atoms with Gasteiger partial charge in [-0.25, -0.2) is 0 Å². The highest BCUT2D eigenvalue weighted by atomic mass is 32.1. The van der Waals surface area contributed by atoms with Crippen molar-refractivity contribution in [2.45, 2.75) is 19.3 Å². The van der Waals surface area contributed by atoms with E-state index in [-0.39, 0.29) is 0 Å². The zero-order valence-corrected chi connectivity index (χ0v) is 33.5. The van der Waals surface area contributed by atoms with Crippen LogP contribution in [0, 0.1) is 133 Å². The molecule has 4 heteroatoms. The third-order valence-corrected chi connectivity index (χ3v) is 14.2. The number of rotatable bonds is 1. The maximum atomic E-state index is 5.18. The average Bonchev–Trinajstić information content (AvgIpc) is 4.04.